The van der Waals surface area contributed by atoms with Gasteiger partial charge < -0.3 is 14.6 Å². The highest BCUT2D eigenvalue weighted by atomic mass is 16.6. The van der Waals surface area contributed by atoms with Crippen molar-refractivity contribution in [3.63, 3.8) is 0 Å². The second kappa shape index (κ2) is 5.66. The Morgan fingerprint density at radius 2 is 2.32 bits per heavy atom. The molecule has 102 valence electrons. The van der Waals surface area contributed by atoms with Crippen molar-refractivity contribution in [1.82, 2.24) is 9.88 Å². The van der Waals surface area contributed by atoms with Crippen molar-refractivity contribution >= 4 is 22.8 Å². The predicted molar refractivity (Wildman–Crippen MR) is 72.3 cm³/mol. The summed E-state index contributed by atoms with van der Waals surface area (Å²) in [6.07, 6.45) is 0. The molecule has 0 saturated heterocycles. The molecule has 2 rings (SSSR count). The Morgan fingerprint density at radius 1 is 1.53 bits per heavy atom. The number of rotatable bonds is 6. The Hall–Kier alpha value is -2.15. The molecule has 0 aliphatic rings. The molecule has 1 aromatic heterocycles. The molecule has 0 radical (unpaired) electrons. The van der Waals surface area contributed by atoms with Crippen LogP contribution in [0.3, 0.4) is 0 Å². The molecule has 1 aromatic carbocycles. The van der Waals surface area contributed by atoms with Gasteiger partial charge in [0.1, 0.15) is 5.52 Å². The van der Waals surface area contributed by atoms with Crippen LogP contribution in [0.1, 0.15) is 6.92 Å². The zero-order valence-corrected chi connectivity index (χ0v) is 10.9. The van der Waals surface area contributed by atoms with Crippen LogP contribution in [0.25, 0.3) is 11.1 Å². The average Bonchev–Trinajstić information content (AvgIpc) is 2.79. The lowest BCUT2D eigenvalue weighted by Gasteiger charge is -2.12. The summed E-state index contributed by atoms with van der Waals surface area (Å²) >= 11 is 0. The fraction of sp³-hybridized carbons (Fsp3) is 0.417. The van der Waals surface area contributed by atoms with Crippen LogP contribution in [0.4, 0.5) is 11.7 Å². The minimum atomic E-state index is -0.453. The van der Waals surface area contributed by atoms with Crippen LogP contribution in [0, 0.1) is 10.1 Å². The third kappa shape index (κ3) is 3.19. The first-order chi connectivity index (χ1) is 9.10. The third-order valence-corrected chi connectivity index (χ3v) is 2.89. The number of nitrogens with zero attached hydrogens (tertiary/aromatic N) is 3. The van der Waals surface area contributed by atoms with Crippen LogP contribution in [0.2, 0.25) is 0 Å². The minimum Gasteiger partial charge on any atom is -0.423 e. The highest BCUT2D eigenvalue weighted by Crippen LogP contribution is 2.23. The van der Waals surface area contributed by atoms with Crippen molar-refractivity contribution in [2.75, 3.05) is 32.0 Å². The predicted octanol–water partition coefficient (Wildman–Crippen LogP) is 2.10. The lowest BCUT2D eigenvalue weighted by molar-refractivity contribution is -0.384. The lowest BCUT2D eigenvalue weighted by atomic mass is 10.3. The Labute approximate surface area is 110 Å². The largest absolute Gasteiger partial charge is 0.423 e. The van der Waals surface area contributed by atoms with Crippen LogP contribution in [-0.2, 0) is 0 Å². The van der Waals surface area contributed by atoms with Crippen molar-refractivity contribution in [3.8, 4) is 0 Å². The first kappa shape index (κ1) is 13.3. The number of likely N-dealkylation sites (N-methyl/N-ethyl adjacent to an activating group) is 1. The second-order valence-corrected chi connectivity index (χ2v) is 4.25. The number of hydrogen-bond donors (Lipinski definition) is 1. The summed E-state index contributed by atoms with van der Waals surface area (Å²) in [6.45, 7) is 4.63. The molecule has 0 spiro atoms. The van der Waals surface area contributed by atoms with Gasteiger partial charge in [-0.05, 0) is 19.7 Å². The molecule has 0 fully saturated rings. The molecular formula is C12H16N4O3. The maximum absolute atomic E-state index is 10.7. The third-order valence-electron chi connectivity index (χ3n) is 2.89. The van der Waals surface area contributed by atoms with Gasteiger partial charge in [0.05, 0.1) is 11.0 Å². The molecule has 0 atom stereocenters. The number of aromatic nitrogens is 1. The maximum Gasteiger partial charge on any atom is 0.295 e. The van der Waals surface area contributed by atoms with Crippen LogP contribution in [-0.4, -0.2) is 41.5 Å². The van der Waals surface area contributed by atoms with Gasteiger partial charge in [-0.1, -0.05) is 6.92 Å². The molecule has 0 bridgehead atoms. The molecule has 7 heteroatoms. The Bertz CT molecular complexity index is 581. The first-order valence-electron chi connectivity index (χ1n) is 6.07. The molecule has 2 aromatic rings. The number of nitro benzene ring substituents is 1. The zero-order valence-electron chi connectivity index (χ0n) is 10.9. The molecule has 19 heavy (non-hydrogen) atoms. The van der Waals surface area contributed by atoms with E-state index in [-0.39, 0.29) is 5.69 Å². The summed E-state index contributed by atoms with van der Waals surface area (Å²) in [5.41, 5.74) is 1.03. The summed E-state index contributed by atoms with van der Waals surface area (Å²) in [4.78, 5) is 16.6. The number of nitro groups is 1. The maximum atomic E-state index is 10.7. The first-order valence-corrected chi connectivity index (χ1v) is 6.07. The van der Waals surface area contributed by atoms with E-state index >= 15 is 0 Å². The smallest absolute Gasteiger partial charge is 0.295 e. The Balaban J connectivity index is 2.07. The molecule has 0 aliphatic carbocycles. The van der Waals surface area contributed by atoms with Gasteiger partial charge in [-0.15, -0.1) is 0 Å². The van der Waals surface area contributed by atoms with Crippen LogP contribution in [0.5, 0.6) is 0 Å². The van der Waals surface area contributed by atoms with Crippen molar-refractivity contribution in [2.24, 2.45) is 0 Å². The minimum absolute atomic E-state index is 0.000848. The summed E-state index contributed by atoms with van der Waals surface area (Å²) in [6, 6.07) is 4.77. The Kier molecular flexibility index (Phi) is 3.96. The van der Waals surface area contributed by atoms with Crippen LogP contribution in [0.15, 0.2) is 22.6 Å². The van der Waals surface area contributed by atoms with Gasteiger partial charge in [-0.3, -0.25) is 10.1 Å². The van der Waals surface area contributed by atoms with E-state index in [1.165, 1.54) is 12.1 Å². The van der Waals surface area contributed by atoms with E-state index < -0.39 is 4.92 Å². The number of oxazole rings is 1. The number of hydrogen-bond acceptors (Lipinski definition) is 6. The number of anilines is 1. The molecule has 0 amide bonds. The molecule has 0 aliphatic heterocycles. The number of benzene rings is 1. The average molecular weight is 264 g/mol. The van der Waals surface area contributed by atoms with Gasteiger partial charge in [-0.25, -0.2) is 0 Å². The standard InChI is InChI=1S/C12H16N4O3/c1-3-15(2)7-6-13-12-14-10-5-4-9(16(17)18)8-11(10)19-12/h4-5,8H,3,6-7H2,1-2H3,(H,13,14). The summed E-state index contributed by atoms with van der Waals surface area (Å²) in [7, 11) is 2.02. The molecule has 0 unspecified atom stereocenters. The van der Waals surface area contributed by atoms with E-state index in [0.29, 0.717) is 23.7 Å². The van der Waals surface area contributed by atoms with Gasteiger partial charge in [0, 0.05) is 19.2 Å². The topological polar surface area (TPSA) is 84.4 Å². The van der Waals surface area contributed by atoms with Crippen LogP contribution >= 0.6 is 0 Å². The van der Waals surface area contributed by atoms with Crippen molar-refractivity contribution in [1.29, 1.82) is 0 Å². The molecular weight excluding hydrogens is 248 g/mol. The molecule has 1 N–H and O–H groups in total. The van der Waals surface area contributed by atoms with Crippen LogP contribution < -0.4 is 5.32 Å². The molecule has 7 nitrogen and oxygen atoms in total. The van der Waals surface area contributed by atoms with E-state index in [1.807, 2.05) is 7.05 Å². The van der Waals surface area contributed by atoms with Gasteiger partial charge in [0.2, 0.25) is 0 Å². The van der Waals surface area contributed by atoms with E-state index in [1.54, 1.807) is 6.07 Å². The Morgan fingerprint density at radius 3 is 3.00 bits per heavy atom. The normalized spacial score (nSPS) is 11.1. The zero-order chi connectivity index (χ0) is 13.8. The van der Waals surface area contributed by atoms with Gasteiger partial charge in [0.25, 0.3) is 11.7 Å². The molecule has 0 saturated carbocycles. The van der Waals surface area contributed by atoms with E-state index in [0.717, 1.165) is 13.1 Å². The number of non-ortho nitro benzene ring substituents is 1. The summed E-state index contributed by atoms with van der Waals surface area (Å²) < 4.78 is 5.43. The highest BCUT2D eigenvalue weighted by Gasteiger charge is 2.11. The summed E-state index contributed by atoms with van der Waals surface area (Å²) in [5.74, 6) is 0. The van der Waals surface area contributed by atoms with Crippen molar-refractivity contribution in [3.05, 3.63) is 28.3 Å². The fourth-order valence-electron chi connectivity index (χ4n) is 1.61. The second-order valence-electron chi connectivity index (χ2n) is 4.25. The van der Waals surface area contributed by atoms with Gasteiger partial charge >= 0.3 is 0 Å². The fourth-order valence-corrected chi connectivity index (χ4v) is 1.61. The SMILES string of the molecule is CCN(C)CCNc1nc2ccc([N+](=O)[O-])cc2o1. The number of fused-ring (bicyclic) bond motifs is 1. The highest BCUT2D eigenvalue weighted by molar-refractivity contribution is 5.77. The lowest BCUT2D eigenvalue weighted by Crippen LogP contribution is -2.24. The van der Waals surface area contributed by atoms with Gasteiger partial charge in [0.15, 0.2) is 5.58 Å². The van der Waals surface area contributed by atoms with E-state index in [9.17, 15) is 10.1 Å². The molecule has 1 heterocycles. The quantitative estimate of drug-likeness (QED) is 0.635. The van der Waals surface area contributed by atoms with Gasteiger partial charge in [-0.2, -0.15) is 4.98 Å². The van der Waals surface area contributed by atoms with E-state index in [4.69, 9.17) is 4.42 Å². The number of nitrogens with one attached hydrogen (secondary N) is 1. The monoisotopic (exact) mass is 264 g/mol. The van der Waals surface area contributed by atoms with E-state index in [2.05, 4.69) is 22.1 Å². The summed E-state index contributed by atoms with van der Waals surface area (Å²) in [5, 5.41) is 13.7. The van der Waals surface area contributed by atoms with Crippen molar-refractivity contribution < 1.29 is 9.34 Å². The van der Waals surface area contributed by atoms with Crippen molar-refractivity contribution in [2.45, 2.75) is 6.92 Å².